The van der Waals surface area contributed by atoms with Gasteiger partial charge in [0, 0.05) is 0 Å². The fraction of sp³-hybridized carbons (Fsp3) is 0.222. The first-order valence-electron chi connectivity index (χ1n) is 3.60. The van der Waals surface area contributed by atoms with Gasteiger partial charge in [-0.05, 0) is 19.1 Å². The Morgan fingerprint density at radius 2 is 2.15 bits per heavy atom. The van der Waals surface area contributed by atoms with Crippen LogP contribution in [-0.4, -0.2) is 12.9 Å². The van der Waals surface area contributed by atoms with Gasteiger partial charge < -0.3 is 4.74 Å². The molecule has 70 valence electrons. The molecule has 0 N–H and O–H groups in total. The van der Waals surface area contributed by atoms with Gasteiger partial charge in [-0.2, -0.15) is 0 Å². The van der Waals surface area contributed by atoms with Crippen molar-refractivity contribution in [2.45, 2.75) is 6.92 Å². The predicted molar refractivity (Wildman–Crippen MR) is 48.0 cm³/mol. The molecule has 0 spiro atoms. The Bertz CT molecular complexity index is 350. The molecule has 0 unspecified atom stereocenters. The van der Waals surface area contributed by atoms with E-state index in [0.717, 1.165) is 6.07 Å². The fourth-order valence-corrected chi connectivity index (χ4v) is 1.18. The molecule has 0 bridgehead atoms. The van der Waals surface area contributed by atoms with Crippen molar-refractivity contribution in [2.24, 2.45) is 0 Å². The Morgan fingerprint density at radius 3 is 2.62 bits per heavy atom. The first-order chi connectivity index (χ1) is 6.06. The molecule has 0 radical (unpaired) electrons. The summed E-state index contributed by atoms with van der Waals surface area (Å²) in [7, 11) is 1.41. The molecule has 4 heteroatoms. The SMILES string of the molecule is COc1cc(C(C)=O)c(F)cc1Cl. The molecule has 0 amide bonds. The lowest BCUT2D eigenvalue weighted by Crippen LogP contribution is -1.98. The maximum Gasteiger partial charge on any atom is 0.162 e. The van der Waals surface area contributed by atoms with Crippen molar-refractivity contribution in [3.05, 3.63) is 28.5 Å². The van der Waals surface area contributed by atoms with E-state index in [4.69, 9.17) is 16.3 Å². The van der Waals surface area contributed by atoms with Crippen molar-refractivity contribution < 1.29 is 13.9 Å². The van der Waals surface area contributed by atoms with Crippen molar-refractivity contribution >= 4 is 17.4 Å². The molecule has 0 aromatic heterocycles. The van der Waals surface area contributed by atoms with Gasteiger partial charge in [0.1, 0.15) is 11.6 Å². The van der Waals surface area contributed by atoms with Gasteiger partial charge in [0.2, 0.25) is 0 Å². The van der Waals surface area contributed by atoms with Gasteiger partial charge in [-0.15, -0.1) is 0 Å². The van der Waals surface area contributed by atoms with Gasteiger partial charge in [-0.1, -0.05) is 11.6 Å². The third kappa shape index (κ3) is 1.98. The monoisotopic (exact) mass is 202 g/mol. The highest BCUT2D eigenvalue weighted by Gasteiger charge is 2.11. The van der Waals surface area contributed by atoms with Gasteiger partial charge in [-0.3, -0.25) is 4.79 Å². The fourth-order valence-electron chi connectivity index (χ4n) is 0.955. The van der Waals surface area contributed by atoms with Crippen molar-refractivity contribution in [3.8, 4) is 5.75 Å². The first-order valence-corrected chi connectivity index (χ1v) is 3.98. The van der Waals surface area contributed by atoms with Crippen LogP contribution < -0.4 is 4.74 Å². The molecule has 1 aromatic rings. The van der Waals surface area contributed by atoms with Crippen LogP contribution in [0, 0.1) is 5.82 Å². The minimum absolute atomic E-state index is 0.0127. The third-order valence-electron chi connectivity index (χ3n) is 1.62. The Balaban J connectivity index is 3.30. The van der Waals surface area contributed by atoms with Gasteiger partial charge in [0.05, 0.1) is 17.7 Å². The highest BCUT2D eigenvalue weighted by Crippen LogP contribution is 2.27. The maximum absolute atomic E-state index is 13.1. The lowest BCUT2D eigenvalue weighted by molar-refractivity contribution is 0.101. The molecule has 2 nitrogen and oxygen atoms in total. The molecule has 0 aliphatic carbocycles. The summed E-state index contributed by atoms with van der Waals surface area (Å²) in [5, 5.41) is 0.157. The number of halogens is 2. The summed E-state index contributed by atoms with van der Waals surface area (Å²) >= 11 is 5.63. The van der Waals surface area contributed by atoms with Gasteiger partial charge in [0.15, 0.2) is 5.78 Å². The van der Waals surface area contributed by atoms with Crippen LogP contribution in [0.3, 0.4) is 0 Å². The number of ketones is 1. The second-order valence-electron chi connectivity index (χ2n) is 2.52. The summed E-state index contributed by atoms with van der Waals surface area (Å²) in [4.78, 5) is 10.9. The molecule has 13 heavy (non-hydrogen) atoms. The largest absolute Gasteiger partial charge is 0.495 e. The number of hydrogen-bond acceptors (Lipinski definition) is 2. The Morgan fingerprint density at radius 1 is 1.54 bits per heavy atom. The minimum atomic E-state index is -0.627. The Kier molecular flexibility index (Phi) is 2.88. The van der Waals surface area contributed by atoms with Crippen LogP contribution in [0.1, 0.15) is 17.3 Å². The second kappa shape index (κ2) is 3.75. The summed E-state index contributed by atoms with van der Waals surface area (Å²) in [5.74, 6) is -0.681. The summed E-state index contributed by atoms with van der Waals surface area (Å²) in [5.41, 5.74) is -0.0127. The zero-order valence-corrected chi connectivity index (χ0v) is 7.98. The van der Waals surface area contributed by atoms with Crippen LogP contribution in [0.15, 0.2) is 12.1 Å². The van der Waals surface area contributed by atoms with E-state index < -0.39 is 5.82 Å². The Labute approximate surface area is 80.3 Å². The smallest absolute Gasteiger partial charge is 0.162 e. The third-order valence-corrected chi connectivity index (χ3v) is 1.92. The normalized spacial score (nSPS) is 9.85. The van der Waals surface area contributed by atoms with Crippen molar-refractivity contribution in [1.29, 1.82) is 0 Å². The maximum atomic E-state index is 13.1. The average molecular weight is 203 g/mol. The predicted octanol–water partition coefficient (Wildman–Crippen LogP) is 2.69. The lowest BCUT2D eigenvalue weighted by atomic mass is 10.1. The number of ether oxygens (including phenoxy) is 1. The van der Waals surface area contributed by atoms with E-state index in [9.17, 15) is 9.18 Å². The van der Waals surface area contributed by atoms with Crippen LogP contribution in [-0.2, 0) is 0 Å². The average Bonchev–Trinajstić information content (AvgIpc) is 2.03. The lowest BCUT2D eigenvalue weighted by Gasteiger charge is -2.05. The number of carbonyl (C=O) groups excluding carboxylic acids is 1. The molecular formula is C9H8ClFO2. The topological polar surface area (TPSA) is 26.3 Å². The summed E-state index contributed by atoms with van der Waals surface area (Å²) in [6, 6.07) is 2.36. The molecule has 0 saturated carbocycles. The Hall–Kier alpha value is -1.09. The van der Waals surface area contributed by atoms with E-state index in [1.54, 1.807) is 0 Å². The van der Waals surface area contributed by atoms with E-state index in [1.165, 1.54) is 20.1 Å². The molecular weight excluding hydrogens is 195 g/mol. The molecule has 0 atom stereocenters. The van der Waals surface area contributed by atoms with Crippen molar-refractivity contribution in [2.75, 3.05) is 7.11 Å². The molecule has 1 aromatic carbocycles. The second-order valence-corrected chi connectivity index (χ2v) is 2.93. The summed E-state index contributed by atoms with van der Waals surface area (Å²) in [6.45, 7) is 1.28. The highest BCUT2D eigenvalue weighted by molar-refractivity contribution is 6.32. The molecule has 0 heterocycles. The van der Waals surface area contributed by atoms with Crippen LogP contribution in [0.25, 0.3) is 0 Å². The van der Waals surface area contributed by atoms with E-state index in [1.807, 2.05) is 0 Å². The summed E-state index contributed by atoms with van der Waals surface area (Å²) in [6.07, 6.45) is 0. The highest BCUT2D eigenvalue weighted by atomic mass is 35.5. The van der Waals surface area contributed by atoms with Gasteiger partial charge in [0.25, 0.3) is 0 Å². The quantitative estimate of drug-likeness (QED) is 0.690. The van der Waals surface area contributed by atoms with E-state index in [2.05, 4.69) is 0 Å². The molecule has 0 saturated heterocycles. The standard InChI is InChI=1S/C9H8ClFO2/c1-5(12)6-3-9(13-2)7(10)4-8(6)11/h3-4H,1-2H3. The van der Waals surface area contributed by atoms with Gasteiger partial charge >= 0.3 is 0 Å². The zero-order chi connectivity index (χ0) is 10.0. The number of methoxy groups -OCH3 is 1. The first kappa shape index (κ1) is 9.99. The van der Waals surface area contributed by atoms with Crippen molar-refractivity contribution in [1.82, 2.24) is 0 Å². The van der Waals surface area contributed by atoms with E-state index in [-0.39, 0.29) is 16.4 Å². The number of Topliss-reactive ketones (excluding diaryl/α,β-unsaturated/α-hetero) is 1. The van der Waals surface area contributed by atoms with Crippen LogP contribution in [0.5, 0.6) is 5.75 Å². The van der Waals surface area contributed by atoms with E-state index in [0.29, 0.717) is 5.75 Å². The number of carbonyl (C=O) groups is 1. The molecule has 0 aliphatic rings. The molecule has 0 fully saturated rings. The van der Waals surface area contributed by atoms with E-state index >= 15 is 0 Å². The van der Waals surface area contributed by atoms with Crippen LogP contribution >= 0.6 is 11.6 Å². The molecule has 1 rings (SSSR count). The minimum Gasteiger partial charge on any atom is -0.495 e. The number of hydrogen-bond donors (Lipinski definition) is 0. The van der Waals surface area contributed by atoms with Crippen molar-refractivity contribution in [3.63, 3.8) is 0 Å². The number of benzene rings is 1. The number of rotatable bonds is 2. The molecule has 0 aliphatic heterocycles. The van der Waals surface area contributed by atoms with Crippen LogP contribution in [0.4, 0.5) is 4.39 Å². The summed E-state index contributed by atoms with van der Waals surface area (Å²) < 4.78 is 17.9. The van der Waals surface area contributed by atoms with Gasteiger partial charge in [-0.25, -0.2) is 4.39 Å². The zero-order valence-electron chi connectivity index (χ0n) is 7.23. The van der Waals surface area contributed by atoms with Crippen LogP contribution in [0.2, 0.25) is 5.02 Å².